The first-order valence-corrected chi connectivity index (χ1v) is 7.25. The van der Waals surface area contributed by atoms with Gasteiger partial charge in [-0.1, -0.05) is 13.3 Å². The minimum atomic E-state index is 0.577. The Bertz CT molecular complexity index is 295. The van der Waals surface area contributed by atoms with Gasteiger partial charge in [0.1, 0.15) is 0 Å². The highest BCUT2D eigenvalue weighted by atomic mass is 32.1. The largest absolute Gasteiger partial charge is 0.311 e. The summed E-state index contributed by atoms with van der Waals surface area (Å²) < 4.78 is 0. The van der Waals surface area contributed by atoms with Crippen molar-refractivity contribution in [2.24, 2.45) is 0 Å². The third-order valence-electron chi connectivity index (χ3n) is 3.50. The van der Waals surface area contributed by atoms with E-state index in [1.54, 1.807) is 11.3 Å². The lowest BCUT2D eigenvalue weighted by atomic mass is 10.1. The van der Waals surface area contributed by atoms with Crippen LogP contribution in [-0.4, -0.2) is 30.6 Å². The highest BCUT2D eigenvalue weighted by Crippen LogP contribution is 2.23. The van der Waals surface area contributed by atoms with Crippen molar-refractivity contribution in [3.8, 4) is 0 Å². The maximum absolute atomic E-state index is 3.61. The summed E-state index contributed by atoms with van der Waals surface area (Å²) in [6.45, 7) is 8.11. The molecule has 0 saturated carbocycles. The standard InChI is InChI=1S/C13H22N2S/c1-3-4-13-9-15(7-6-14-13)11(2)12-5-8-16-10-12/h5,8,10-11,13-14H,3-4,6-7,9H2,1-2H3. The predicted octanol–water partition coefficient (Wildman–Crippen LogP) is 2.88. The number of hydrogen-bond donors (Lipinski definition) is 1. The lowest BCUT2D eigenvalue weighted by Gasteiger charge is -2.37. The zero-order valence-electron chi connectivity index (χ0n) is 10.3. The first-order valence-electron chi connectivity index (χ1n) is 6.30. The topological polar surface area (TPSA) is 15.3 Å². The zero-order chi connectivity index (χ0) is 11.4. The second-order valence-corrected chi connectivity index (χ2v) is 5.45. The van der Waals surface area contributed by atoms with Gasteiger partial charge < -0.3 is 5.32 Å². The van der Waals surface area contributed by atoms with Crippen molar-refractivity contribution in [1.29, 1.82) is 0 Å². The lowest BCUT2D eigenvalue weighted by Crippen LogP contribution is -2.51. The summed E-state index contributed by atoms with van der Waals surface area (Å²) in [6, 6.07) is 3.53. The maximum atomic E-state index is 3.61. The molecule has 1 saturated heterocycles. The zero-order valence-corrected chi connectivity index (χ0v) is 11.1. The van der Waals surface area contributed by atoms with Gasteiger partial charge in [0.15, 0.2) is 0 Å². The van der Waals surface area contributed by atoms with E-state index in [9.17, 15) is 0 Å². The smallest absolute Gasteiger partial charge is 0.0329 e. The molecule has 0 spiro atoms. The highest BCUT2D eigenvalue weighted by molar-refractivity contribution is 7.07. The summed E-state index contributed by atoms with van der Waals surface area (Å²) >= 11 is 1.80. The molecule has 0 amide bonds. The molecule has 3 heteroatoms. The molecule has 90 valence electrons. The van der Waals surface area contributed by atoms with E-state index in [0.29, 0.717) is 12.1 Å². The minimum Gasteiger partial charge on any atom is -0.311 e. The molecule has 1 aliphatic heterocycles. The van der Waals surface area contributed by atoms with E-state index in [1.807, 2.05) is 0 Å². The molecule has 0 bridgehead atoms. The van der Waals surface area contributed by atoms with E-state index >= 15 is 0 Å². The van der Waals surface area contributed by atoms with Crippen molar-refractivity contribution in [2.45, 2.75) is 38.8 Å². The second-order valence-electron chi connectivity index (χ2n) is 4.67. The number of thiophene rings is 1. The van der Waals surface area contributed by atoms with Crippen LogP contribution in [-0.2, 0) is 0 Å². The molecule has 2 unspecified atom stereocenters. The monoisotopic (exact) mass is 238 g/mol. The van der Waals surface area contributed by atoms with Crippen LogP contribution in [0.3, 0.4) is 0 Å². The summed E-state index contributed by atoms with van der Waals surface area (Å²) in [7, 11) is 0. The lowest BCUT2D eigenvalue weighted by molar-refractivity contribution is 0.149. The van der Waals surface area contributed by atoms with Gasteiger partial charge in [0.05, 0.1) is 0 Å². The predicted molar refractivity (Wildman–Crippen MR) is 71.0 cm³/mol. The molecular formula is C13H22N2S. The Kier molecular flexibility index (Phi) is 4.38. The molecule has 2 heterocycles. The van der Waals surface area contributed by atoms with Crippen LogP contribution >= 0.6 is 11.3 Å². The Morgan fingerprint density at radius 1 is 1.62 bits per heavy atom. The molecule has 1 N–H and O–H groups in total. The first kappa shape index (κ1) is 12.1. The fraction of sp³-hybridized carbons (Fsp3) is 0.692. The SMILES string of the molecule is CCCC1CN(C(C)c2ccsc2)CCN1. The Morgan fingerprint density at radius 2 is 2.50 bits per heavy atom. The van der Waals surface area contributed by atoms with E-state index in [1.165, 1.54) is 31.5 Å². The van der Waals surface area contributed by atoms with Gasteiger partial charge in [-0.15, -0.1) is 0 Å². The van der Waals surface area contributed by atoms with E-state index < -0.39 is 0 Å². The molecule has 2 nitrogen and oxygen atoms in total. The summed E-state index contributed by atoms with van der Waals surface area (Å²) in [6.07, 6.45) is 2.57. The molecule has 2 rings (SSSR count). The summed E-state index contributed by atoms with van der Waals surface area (Å²) in [5, 5.41) is 8.07. The molecule has 2 atom stereocenters. The molecule has 1 aromatic rings. The van der Waals surface area contributed by atoms with Crippen LogP contribution in [0.4, 0.5) is 0 Å². The second kappa shape index (κ2) is 5.80. The van der Waals surface area contributed by atoms with Crippen molar-refractivity contribution in [3.63, 3.8) is 0 Å². The fourth-order valence-corrected chi connectivity index (χ4v) is 3.22. The van der Waals surface area contributed by atoms with Gasteiger partial charge >= 0.3 is 0 Å². The number of hydrogen-bond acceptors (Lipinski definition) is 3. The van der Waals surface area contributed by atoms with Gasteiger partial charge in [0, 0.05) is 31.7 Å². The first-order chi connectivity index (χ1) is 7.81. The normalized spacial score (nSPS) is 24.5. The molecule has 16 heavy (non-hydrogen) atoms. The van der Waals surface area contributed by atoms with Gasteiger partial charge in [0.25, 0.3) is 0 Å². The molecule has 0 radical (unpaired) electrons. The van der Waals surface area contributed by atoms with Gasteiger partial charge in [-0.3, -0.25) is 4.90 Å². The minimum absolute atomic E-state index is 0.577. The molecule has 1 aromatic heterocycles. The Hall–Kier alpha value is -0.380. The number of nitrogens with zero attached hydrogens (tertiary/aromatic N) is 1. The number of piperazine rings is 1. The fourth-order valence-electron chi connectivity index (χ4n) is 2.47. The molecule has 1 fully saturated rings. The van der Waals surface area contributed by atoms with Crippen molar-refractivity contribution < 1.29 is 0 Å². The van der Waals surface area contributed by atoms with E-state index in [4.69, 9.17) is 0 Å². The van der Waals surface area contributed by atoms with Crippen LogP contribution < -0.4 is 5.32 Å². The van der Waals surface area contributed by atoms with Crippen molar-refractivity contribution in [3.05, 3.63) is 22.4 Å². The van der Waals surface area contributed by atoms with E-state index in [0.717, 1.165) is 6.54 Å². The Labute approximate surface area is 103 Å². The van der Waals surface area contributed by atoms with E-state index in [2.05, 4.69) is 40.9 Å². The average Bonchev–Trinajstić information content (AvgIpc) is 2.82. The van der Waals surface area contributed by atoms with Gasteiger partial charge in [-0.05, 0) is 35.7 Å². The van der Waals surface area contributed by atoms with Crippen molar-refractivity contribution in [1.82, 2.24) is 10.2 Å². The Morgan fingerprint density at radius 3 is 3.19 bits per heavy atom. The number of rotatable bonds is 4. The summed E-state index contributed by atoms with van der Waals surface area (Å²) in [4.78, 5) is 2.61. The molecule has 0 aliphatic carbocycles. The summed E-state index contributed by atoms with van der Waals surface area (Å²) in [5.41, 5.74) is 1.47. The van der Waals surface area contributed by atoms with Crippen LogP contribution in [0.25, 0.3) is 0 Å². The van der Waals surface area contributed by atoms with Gasteiger partial charge in [-0.25, -0.2) is 0 Å². The van der Waals surface area contributed by atoms with Crippen molar-refractivity contribution in [2.75, 3.05) is 19.6 Å². The highest BCUT2D eigenvalue weighted by Gasteiger charge is 2.23. The van der Waals surface area contributed by atoms with Gasteiger partial charge in [-0.2, -0.15) is 11.3 Å². The van der Waals surface area contributed by atoms with Crippen LogP contribution in [0.1, 0.15) is 38.3 Å². The Balaban J connectivity index is 1.93. The molecule has 0 aromatic carbocycles. The third kappa shape index (κ3) is 2.84. The maximum Gasteiger partial charge on any atom is 0.0329 e. The quantitative estimate of drug-likeness (QED) is 0.867. The molecule has 1 aliphatic rings. The molecular weight excluding hydrogens is 216 g/mol. The number of nitrogens with one attached hydrogen (secondary N) is 1. The third-order valence-corrected chi connectivity index (χ3v) is 4.20. The summed E-state index contributed by atoms with van der Waals surface area (Å²) in [5.74, 6) is 0. The van der Waals surface area contributed by atoms with Crippen molar-refractivity contribution >= 4 is 11.3 Å². The van der Waals surface area contributed by atoms with E-state index in [-0.39, 0.29) is 0 Å². The van der Waals surface area contributed by atoms with Crippen LogP contribution in [0.5, 0.6) is 0 Å². The average molecular weight is 238 g/mol. The van der Waals surface area contributed by atoms with Crippen LogP contribution in [0.2, 0.25) is 0 Å². The van der Waals surface area contributed by atoms with Gasteiger partial charge in [0.2, 0.25) is 0 Å². The van der Waals surface area contributed by atoms with Crippen LogP contribution in [0, 0.1) is 0 Å². The van der Waals surface area contributed by atoms with Crippen LogP contribution in [0.15, 0.2) is 16.8 Å².